The smallest absolute Gasteiger partial charge is 0.272 e. The standard InChI is InChI=1S/C20H21FN4O/c1-13-4-11-19(25(13)3)20(26)24-15-7-5-14(6-8-15)23-18-10-9-16(22-2)12-17(18)21/h4-12,22-23H,1-3H3,(H,24,26). The highest BCUT2D eigenvalue weighted by Crippen LogP contribution is 2.24. The summed E-state index contributed by atoms with van der Waals surface area (Å²) in [6.07, 6.45) is 0. The summed E-state index contributed by atoms with van der Waals surface area (Å²) in [7, 11) is 3.59. The minimum atomic E-state index is -0.340. The monoisotopic (exact) mass is 352 g/mol. The molecular formula is C20H21FN4O. The van der Waals surface area contributed by atoms with E-state index in [1.807, 2.05) is 24.6 Å². The molecular weight excluding hydrogens is 331 g/mol. The average Bonchev–Trinajstić information content (AvgIpc) is 2.97. The van der Waals surface area contributed by atoms with Gasteiger partial charge in [0.15, 0.2) is 0 Å². The van der Waals surface area contributed by atoms with Gasteiger partial charge in [0.1, 0.15) is 11.5 Å². The molecule has 0 aliphatic carbocycles. The van der Waals surface area contributed by atoms with Gasteiger partial charge in [0, 0.05) is 36.9 Å². The Morgan fingerprint density at radius 1 is 0.962 bits per heavy atom. The summed E-state index contributed by atoms with van der Waals surface area (Å²) in [5, 5.41) is 8.78. The van der Waals surface area contributed by atoms with Crippen molar-refractivity contribution in [3.8, 4) is 0 Å². The first-order valence-corrected chi connectivity index (χ1v) is 8.26. The van der Waals surface area contributed by atoms with Gasteiger partial charge in [0.2, 0.25) is 0 Å². The fourth-order valence-electron chi connectivity index (χ4n) is 2.60. The third-order valence-electron chi connectivity index (χ3n) is 4.28. The van der Waals surface area contributed by atoms with Crippen molar-refractivity contribution in [1.29, 1.82) is 0 Å². The lowest BCUT2D eigenvalue weighted by atomic mass is 10.2. The van der Waals surface area contributed by atoms with Crippen LogP contribution < -0.4 is 16.0 Å². The van der Waals surface area contributed by atoms with Gasteiger partial charge in [-0.05, 0) is 61.5 Å². The number of hydrogen-bond acceptors (Lipinski definition) is 3. The molecule has 0 fully saturated rings. The number of nitrogens with one attached hydrogen (secondary N) is 3. The first-order valence-electron chi connectivity index (χ1n) is 8.26. The molecule has 0 saturated heterocycles. The van der Waals surface area contributed by atoms with Gasteiger partial charge >= 0.3 is 0 Å². The fourth-order valence-corrected chi connectivity index (χ4v) is 2.60. The van der Waals surface area contributed by atoms with Crippen LogP contribution in [0, 0.1) is 12.7 Å². The number of aromatic nitrogens is 1. The Bertz CT molecular complexity index is 931. The SMILES string of the molecule is CNc1ccc(Nc2ccc(NC(=O)c3ccc(C)n3C)cc2)c(F)c1. The third-order valence-corrected chi connectivity index (χ3v) is 4.28. The van der Waals surface area contributed by atoms with Crippen molar-refractivity contribution in [2.75, 3.05) is 23.0 Å². The van der Waals surface area contributed by atoms with Gasteiger partial charge < -0.3 is 20.5 Å². The normalized spacial score (nSPS) is 10.5. The molecule has 1 amide bonds. The number of hydrogen-bond donors (Lipinski definition) is 3. The largest absolute Gasteiger partial charge is 0.388 e. The first-order chi connectivity index (χ1) is 12.5. The molecule has 26 heavy (non-hydrogen) atoms. The maximum atomic E-state index is 14.0. The molecule has 3 N–H and O–H groups in total. The highest BCUT2D eigenvalue weighted by atomic mass is 19.1. The maximum Gasteiger partial charge on any atom is 0.272 e. The molecule has 0 spiro atoms. The Morgan fingerprint density at radius 2 is 1.62 bits per heavy atom. The summed E-state index contributed by atoms with van der Waals surface area (Å²) in [5.74, 6) is -0.511. The third kappa shape index (κ3) is 3.69. The molecule has 0 radical (unpaired) electrons. The summed E-state index contributed by atoms with van der Waals surface area (Å²) >= 11 is 0. The second-order valence-corrected chi connectivity index (χ2v) is 6.02. The van der Waals surface area contributed by atoms with Crippen molar-refractivity contribution < 1.29 is 9.18 Å². The van der Waals surface area contributed by atoms with Gasteiger partial charge in [-0.3, -0.25) is 4.79 Å². The molecule has 1 heterocycles. The van der Waals surface area contributed by atoms with E-state index >= 15 is 0 Å². The van der Waals surface area contributed by atoms with E-state index in [0.29, 0.717) is 22.8 Å². The fraction of sp³-hybridized carbons (Fsp3) is 0.150. The number of anilines is 4. The second-order valence-electron chi connectivity index (χ2n) is 6.02. The van der Waals surface area contributed by atoms with Crippen LogP contribution in [-0.2, 0) is 7.05 Å². The summed E-state index contributed by atoms with van der Waals surface area (Å²) in [6, 6.07) is 15.7. The van der Waals surface area contributed by atoms with E-state index in [1.54, 1.807) is 49.5 Å². The number of carbonyl (C=O) groups excluding carboxylic acids is 1. The highest BCUT2D eigenvalue weighted by molar-refractivity contribution is 6.03. The van der Waals surface area contributed by atoms with Gasteiger partial charge in [0.05, 0.1) is 5.69 Å². The summed E-state index contributed by atoms with van der Waals surface area (Å²) in [4.78, 5) is 12.3. The summed E-state index contributed by atoms with van der Waals surface area (Å²) in [5.41, 5.74) is 4.11. The number of benzene rings is 2. The number of nitrogens with zero attached hydrogens (tertiary/aromatic N) is 1. The van der Waals surface area contributed by atoms with E-state index in [1.165, 1.54) is 6.07 Å². The van der Waals surface area contributed by atoms with Crippen molar-refractivity contribution in [2.24, 2.45) is 7.05 Å². The molecule has 6 heteroatoms. The molecule has 3 aromatic rings. The summed E-state index contributed by atoms with van der Waals surface area (Å²) < 4.78 is 15.9. The van der Waals surface area contributed by atoms with Gasteiger partial charge in [-0.2, -0.15) is 0 Å². The number of aryl methyl sites for hydroxylation is 1. The van der Waals surface area contributed by atoms with E-state index in [2.05, 4.69) is 16.0 Å². The zero-order valence-electron chi connectivity index (χ0n) is 14.9. The maximum absolute atomic E-state index is 14.0. The molecule has 0 saturated carbocycles. The van der Waals surface area contributed by atoms with E-state index < -0.39 is 0 Å². The Kier molecular flexibility index (Phi) is 4.93. The molecule has 3 rings (SSSR count). The Morgan fingerprint density at radius 3 is 2.19 bits per heavy atom. The van der Waals surface area contributed by atoms with Gasteiger partial charge in [-0.15, -0.1) is 0 Å². The Labute approximate surface area is 151 Å². The molecule has 0 atom stereocenters. The zero-order chi connectivity index (χ0) is 18.7. The van der Waals surface area contributed by atoms with E-state index in [0.717, 1.165) is 11.4 Å². The van der Waals surface area contributed by atoms with Crippen molar-refractivity contribution in [1.82, 2.24) is 4.57 Å². The minimum absolute atomic E-state index is 0.171. The Balaban J connectivity index is 1.69. The van der Waals surface area contributed by atoms with Crippen LogP contribution in [0.5, 0.6) is 0 Å². The van der Waals surface area contributed by atoms with Crippen LogP contribution in [0.3, 0.4) is 0 Å². The van der Waals surface area contributed by atoms with Crippen LogP contribution >= 0.6 is 0 Å². The molecule has 0 aliphatic rings. The van der Waals surface area contributed by atoms with Crippen LogP contribution in [0.2, 0.25) is 0 Å². The zero-order valence-corrected chi connectivity index (χ0v) is 14.9. The van der Waals surface area contributed by atoms with E-state index in [4.69, 9.17) is 0 Å². The topological polar surface area (TPSA) is 58.1 Å². The molecule has 2 aromatic carbocycles. The predicted octanol–water partition coefficient (Wildman–Crippen LogP) is 4.51. The number of halogens is 1. The van der Waals surface area contributed by atoms with Gasteiger partial charge in [0.25, 0.3) is 5.91 Å². The molecule has 0 bridgehead atoms. The van der Waals surface area contributed by atoms with E-state index in [-0.39, 0.29) is 11.7 Å². The van der Waals surface area contributed by atoms with Crippen molar-refractivity contribution in [2.45, 2.75) is 6.92 Å². The quantitative estimate of drug-likeness (QED) is 0.633. The number of amides is 1. The molecule has 1 aromatic heterocycles. The molecule has 134 valence electrons. The van der Waals surface area contributed by atoms with Crippen LogP contribution in [0.4, 0.5) is 27.1 Å². The van der Waals surface area contributed by atoms with Gasteiger partial charge in [-0.1, -0.05) is 0 Å². The van der Waals surface area contributed by atoms with Crippen LogP contribution in [-0.4, -0.2) is 17.5 Å². The van der Waals surface area contributed by atoms with Crippen LogP contribution in [0.15, 0.2) is 54.6 Å². The number of rotatable bonds is 5. The van der Waals surface area contributed by atoms with Crippen molar-refractivity contribution in [3.05, 3.63) is 71.8 Å². The lowest BCUT2D eigenvalue weighted by Gasteiger charge is -2.11. The van der Waals surface area contributed by atoms with Crippen molar-refractivity contribution >= 4 is 28.7 Å². The summed E-state index contributed by atoms with van der Waals surface area (Å²) in [6.45, 7) is 1.94. The average molecular weight is 352 g/mol. The second kappa shape index (κ2) is 7.31. The minimum Gasteiger partial charge on any atom is -0.388 e. The van der Waals surface area contributed by atoms with Crippen LogP contribution in [0.25, 0.3) is 0 Å². The van der Waals surface area contributed by atoms with Gasteiger partial charge in [-0.25, -0.2) is 4.39 Å². The lowest BCUT2D eigenvalue weighted by molar-refractivity contribution is 0.101. The first kappa shape index (κ1) is 17.5. The highest BCUT2D eigenvalue weighted by Gasteiger charge is 2.11. The molecule has 0 unspecified atom stereocenters. The predicted molar refractivity (Wildman–Crippen MR) is 104 cm³/mol. The lowest BCUT2D eigenvalue weighted by Crippen LogP contribution is -2.15. The molecule has 0 aliphatic heterocycles. The number of carbonyl (C=O) groups is 1. The van der Waals surface area contributed by atoms with Crippen molar-refractivity contribution in [3.63, 3.8) is 0 Å². The Hall–Kier alpha value is -3.28. The van der Waals surface area contributed by atoms with E-state index in [9.17, 15) is 9.18 Å². The van der Waals surface area contributed by atoms with Crippen LogP contribution in [0.1, 0.15) is 16.2 Å². The molecule has 5 nitrogen and oxygen atoms in total.